The zero-order chi connectivity index (χ0) is 15.4. The van der Waals surface area contributed by atoms with Gasteiger partial charge in [-0.1, -0.05) is 11.2 Å². The minimum atomic E-state index is -0.909. The fourth-order valence-electron chi connectivity index (χ4n) is 2.38. The zero-order valence-corrected chi connectivity index (χ0v) is 12.4. The van der Waals surface area contributed by atoms with Gasteiger partial charge in [-0.2, -0.15) is 0 Å². The van der Waals surface area contributed by atoms with Crippen LogP contribution in [0.25, 0.3) is 0 Å². The number of hydrogen-bond donors (Lipinski definition) is 1. The van der Waals surface area contributed by atoms with Crippen LogP contribution in [0.15, 0.2) is 28.9 Å². The minimum Gasteiger partial charge on any atom is -0.480 e. The maximum atomic E-state index is 11.6. The van der Waals surface area contributed by atoms with Gasteiger partial charge in [0, 0.05) is 30.4 Å². The molecule has 1 atom stereocenters. The van der Waals surface area contributed by atoms with Crippen LogP contribution in [-0.4, -0.2) is 39.7 Å². The molecule has 0 saturated heterocycles. The van der Waals surface area contributed by atoms with E-state index < -0.39 is 12.0 Å². The van der Waals surface area contributed by atoms with Gasteiger partial charge in [0.05, 0.1) is 5.69 Å². The van der Waals surface area contributed by atoms with Crippen LogP contribution >= 0.6 is 0 Å². The van der Waals surface area contributed by atoms with E-state index in [1.165, 1.54) is 0 Å². The maximum Gasteiger partial charge on any atom is 0.325 e. The third kappa shape index (κ3) is 3.46. The van der Waals surface area contributed by atoms with Gasteiger partial charge in [0.1, 0.15) is 11.8 Å². The number of aliphatic carboxylic acids is 1. The van der Waals surface area contributed by atoms with Crippen LogP contribution < -0.4 is 0 Å². The van der Waals surface area contributed by atoms with E-state index in [4.69, 9.17) is 4.52 Å². The van der Waals surface area contributed by atoms with Crippen molar-refractivity contribution in [2.24, 2.45) is 0 Å². The largest absolute Gasteiger partial charge is 0.480 e. The van der Waals surface area contributed by atoms with Crippen molar-refractivity contribution < 1.29 is 14.4 Å². The first-order valence-electron chi connectivity index (χ1n) is 6.76. The highest BCUT2D eigenvalue weighted by Gasteiger charge is 2.30. The molecule has 112 valence electrons. The monoisotopic (exact) mass is 289 g/mol. The first-order valence-corrected chi connectivity index (χ1v) is 6.76. The van der Waals surface area contributed by atoms with Crippen LogP contribution in [0.3, 0.4) is 0 Å². The lowest BCUT2D eigenvalue weighted by Crippen LogP contribution is -2.33. The van der Waals surface area contributed by atoms with E-state index >= 15 is 0 Å². The number of aryl methyl sites for hydroxylation is 2. The predicted molar refractivity (Wildman–Crippen MR) is 76.9 cm³/mol. The second kappa shape index (κ2) is 6.49. The maximum absolute atomic E-state index is 11.6. The fourth-order valence-corrected chi connectivity index (χ4v) is 2.38. The molecule has 0 bridgehead atoms. The van der Waals surface area contributed by atoms with Crippen LogP contribution in [-0.2, 0) is 11.2 Å². The molecule has 0 aliphatic heterocycles. The lowest BCUT2D eigenvalue weighted by atomic mass is 10.0. The highest BCUT2D eigenvalue weighted by molar-refractivity contribution is 5.76. The summed E-state index contributed by atoms with van der Waals surface area (Å²) in [6.45, 7) is 4.07. The molecule has 2 heterocycles. The Morgan fingerprint density at radius 3 is 2.71 bits per heavy atom. The van der Waals surface area contributed by atoms with Crippen LogP contribution in [0.5, 0.6) is 0 Å². The molecule has 0 spiro atoms. The Hall–Kier alpha value is -2.21. The Morgan fingerprint density at radius 2 is 2.19 bits per heavy atom. The molecule has 0 radical (unpaired) electrons. The van der Waals surface area contributed by atoms with Crippen molar-refractivity contribution in [1.82, 2.24) is 15.0 Å². The van der Waals surface area contributed by atoms with Gasteiger partial charge in [0.15, 0.2) is 0 Å². The average Bonchev–Trinajstić information content (AvgIpc) is 2.78. The molecule has 0 saturated carbocycles. The Bertz CT molecular complexity index is 590. The van der Waals surface area contributed by atoms with Crippen molar-refractivity contribution in [2.45, 2.75) is 26.3 Å². The highest BCUT2D eigenvalue weighted by Crippen LogP contribution is 2.26. The molecule has 0 aromatic carbocycles. The van der Waals surface area contributed by atoms with Crippen molar-refractivity contribution in [1.29, 1.82) is 0 Å². The average molecular weight is 289 g/mol. The third-order valence-electron chi connectivity index (χ3n) is 3.48. The number of carbonyl (C=O) groups is 1. The van der Waals surface area contributed by atoms with Gasteiger partial charge < -0.3 is 9.63 Å². The van der Waals surface area contributed by atoms with Crippen molar-refractivity contribution in [2.75, 3.05) is 13.6 Å². The summed E-state index contributed by atoms with van der Waals surface area (Å²) in [5.74, 6) is -0.363. The van der Waals surface area contributed by atoms with Gasteiger partial charge in [0.25, 0.3) is 0 Å². The van der Waals surface area contributed by atoms with E-state index in [9.17, 15) is 9.90 Å². The quantitative estimate of drug-likeness (QED) is 0.876. The van der Waals surface area contributed by atoms with E-state index in [0.29, 0.717) is 30.0 Å². The molecular formula is C15H19N3O3. The van der Waals surface area contributed by atoms with Crippen LogP contribution in [0.1, 0.15) is 28.8 Å². The van der Waals surface area contributed by atoms with Crippen LogP contribution in [0.4, 0.5) is 0 Å². The standard InChI is InChI=1S/C15H19N3O3/c1-10-13(11(2)21-17-10)14(15(19)20)18(3)9-7-12-6-4-5-8-16-12/h4-6,8,14H,7,9H2,1-3H3,(H,19,20)/t14-/m1/s1. The second-order valence-electron chi connectivity index (χ2n) is 5.03. The molecular weight excluding hydrogens is 270 g/mol. The van der Waals surface area contributed by atoms with Crippen molar-refractivity contribution in [3.8, 4) is 0 Å². The molecule has 2 rings (SSSR count). The molecule has 2 aromatic rings. The predicted octanol–water partition coefficient (Wildman–Crippen LogP) is 1.99. The molecule has 0 aliphatic rings. The summed E-state index contributed by atoms with van der Waals surface area (Å²) in [7, 11) is 1.79. The summed E-state index contributed by atoms with van der Waals surface area (Å²) in [6.07, 6.45) is 2.42. The first-order chi connectivity index (χ1) is 10.0. The van der Waals surface area contributed by atoms with E-state index in [-0.39, 0.29) is 0 Å². The summed E-state index contributed by atoms with van der Waals surface area (Å²) in [6, 6.07) is 4.95. The number of carboxylic acids is 1. The van der Waals surface area contributed by atoms with E-state index in [1.54, 1.807) is 32.0 Å². The number of likely N-dealkylation sites (N-methyl/N-ethyl adjacent to an activating group) is 1. The number of hydrogen-bond acceptors (Lipinski definition) is 5. The van der Waals surface area contributed by atoms with Gasteiger partial charge in [-0.05, 0) is 33.0 Å². The molecule has 21 heavy (non-hydrogen) atoms. The summed E-state index contributed by atoms with van der Waals surface area (Å²) in [5, 5.41) is 13.4. The first kappa shape index (κ1) is 15.2. The lowest BCUT2D eigenvalue weighted by molar-refractivity contribution is -0.143. The van der Waals surface area contributed by atoms with E-state index in [0.717, 1.165) is 5.69 Å². The number of pyridine rings is 1. The van der Waals surface area contributed by atoms with Crippen molar-refractivity contribution >= 4 is 5.97 Å². The Kier molecular flexibility index (Phi) is 4.70. The van der Waals surface area contributed by atoms with Crippen molar-refractivity contribution in [3.63, 3.8) is 0 Å². The Morgan fingerprint density at radius 1 is 1.43 bits per heavy atom. The highest BCUT2D eigenvalue weighted by atomic mass is 16.5. The number of aromatic nitrogens is 2. The molecule has 0 fully saturated rings. The second-order valence-corrected chi connectivity index (χ2v) is 5.03. The normalized spacial score (nSPS) is 12.6. The van der Waals surface area contributed by atoms with Crippen molar-refractivity contribution in [3.05, 3.63) is 47.1 Å². The summed E-state index contributed by atoms with van der Waals surface area (Å²) in [4.78, 5) is 17.7. The zero-order valence-electron chi connectivity index (χ0n) is 12.4. The molecule has 6 nitrogen and oxygen atoms in total. The smallest absolute Gasteiger partial charge is 0.325 e. The number of carboxylic acid groups (broad SMARTS) is 1. The number of nitrogens with zero attached hydrogens (tertiary/aromatic N) is 3. The SMILES string of the molecule is Cc1noc(C)c1[C@H](C(=O)O)N(C)CCc1ccccn1. The topological polar surface area (TPSA) is 79.5 Å². The van der Waals surface area contributed by atoms with Gasteiger partial charge >= 0.3 is 5.97 Å². The Balaban J connectivity index is 2.13. The molecule has 0 amide bonds. The molecule has 2 aromatic heterocycles. The van der Waals surface area contributed by atoms with Crippen LogP contribution in [0, 0.1) is 13.8 Å². The molecule has 0 aliphatic carbocycles. The number of rotatable bonds is 6. The fraction of sp³-hybridized carbons (Fsp3) is 0.400. The molecule has 0 unspecified atom stereocenters. The summed E-state index contributed by atoms with van der Waals surface area (Å²) in [5.41, 5.74) is 2.18. The summed E-state index contributed by atoms with van der Waals surface area (Å²) >= 11 is 0. The molecule has 1 N–H and O–H groups in total. The molecule has 6 heteroatoms. The van der Waals surface area contributed by atoms with E-state index in [1.807, 2.05) is 18.2 Å². The van der Waals surface area contributed by atoms with Gasteiger partial charge in [-0.3, -0.25) is 14.7 Å². The van der Waals surface area contributed by atoms with Gasteiger partial charge in [0.2, 0.25) is 0 Å². The Labute approximate surface area is 123 Å². The van der Waals surface area contributed by atoms with Gasteiger partial charge in [-0.15, -0.1) is 0 Å². The third-order valence-corrected chi connectivity index (χ3v) is 3.48. The lowest BCUT2D eigenvalue weighted by Gasteiger charge is -2.24. The van der Waals surface area contributed by atoms with Crippen LogP contribution in [0.2, 0.25) is 0 Å². The van der Waals surface area contributed by atoms with Gasteiger partial charge in [-0.25, -0.2) is 0 Å². The minimum absolute atomic E-state index is 0.546. The summed E-state index contributed by atoms with van der Waals surface area (Å²) < 4.78 is 5.09. The van der Waals surface area contributed by atoms with E-state index in [2.05, 4.69) is 10.1 Å².